The number of aliphatic hydroxyl groups is 1. The van der Waals surface area contributed by atoms with Crippen LogP contribution in [0.4, 0.5) is 0 Å². The minimum absolute atomic E-state index is 0.102. The molecular formula is C28H31NO4. The van der Waals surface area contributed by atoms with Crippen molar-refractivity contribution in [3.8, 4) is 11.1 Å². The molecule has 0 aliphatic carbocycles. The number of carbonyl (C=O) groups is 2. The highest BCUT2D eigenvalue weighted by atomic mass is 16.4. The molecule has 1 amide bonds. The van der Waals surface area contributed by atoms with Crippen LogP contribution < -0.4 is 5.32 Å². The maximum atomic E-state index is 12.6. The number of aliphatic hydroxyl groups excluding tert-OH is 1. The van der Waals surface area contributed by atoms with E-state index < -0.39 is 18.0 Å². The van der Waals surface area contributed by atoms with Gasteiger partial charge in [-0.15, -0.1) is 0 Å². The number of hydrogen-bond acceptors (Lipinski definition) is 3. The third-order valence-corrected chi connectivity index (χ3v) is 5.70. The van der Waals surface area contributed by atoms with E-state index in [-0.39, 0.29) is 18.9 Å². The Morgan fingerprint density at radius 1 is 0.788 bits per heavy atom. The molecule has 2 atom stereocenters. The summed E-state index contributed by atoms with van der Waals surface area (Å²) in [7, 11) is 0. The van der Waals surface area contributed by atoms with Crippen molar-refractivity contribution >= 4 is 11.9 Å². The van der Waals surface area contributed by atoms with E-state index in [9.17, 15) is 19.8 Å². The van der Waals surface area contributed by atoms with E-state index in [0.717, 1.165) is 28.7 Å². The van der Waals surface area contributed by atoms with Gasteiger partial charge in [0, 0.05) is 18.9 Å². The largest absolute Gasteiger partial charge is 0.481 e. The van der Waals surface area contributed by atoms with Crippen molar-refractivity contribution in [2.24, 2.45) is 5.92 Å². The molecule has 0 spiro atoms. The monoisotopic (exact) mass is 445 g/mol. The minimum atomic E-state index is -0.993. The molecule has 3 aromatic carbocycles. The standard InChI is InChI=1S/C28H31NO4/c30-26(18-22-8-3-1-4-9-22)20-29-28(33)25(19-27(31)32)13-7-10-21-14-16-24(17-15-21)23-11-5-2-6-12-23/h1-6,8-9,11-12,14-17,25-26,30H,7,10,13,18-20H2,(H,29,33)(H,31,32)/t25-,26+/m1/s1. The maximum absolute atomic E-state index is 12.6. The van der Waals surface area contributed by atoms with Crippen molar-refractivity contribution in [1.29, 1.82) is 0 Å². The van der Waals surface area contributed by atoms with Crippen molar-refractivity contribution in [1.82, 2.24) is 5.32 Å². The minimum Gasteiger partial charge on any atom is -0.481 e. The SMILES string of the molecule is O=C(O)C[C@@H](CCCc1ccc(-c2ccccc2)cc1)C(=O)NC[C@@H](O)Cc1ccccc1. The summed E-state index contributed by atoms with van der Waals surface area (Å²) in [5.41, 5.74) is 4.45. The fourth-order valence-electron chi connectivity index (χ4n) is 3.90. The molecule has 0 unspecified atom stereocenters. The van der Waals surface area contributed by atoms with Gasteiger partial charge < -0.3 is 15.5 Å². The second-order valence-electron chi connectivity index (χ2n) is 8.34. The molecule has 0 saturated heterocycles. The highest BCUT2D eigenvalue weighted by Gasteiger charge is 2.22. The molecule has 0 aromatic heterocycles. The highest BCUT2D eigenvalue weighted by Crippen LogP contribution is 2.21. The summed E-state index contributed by atoms with van der Waals surface area (Å²) in [4.78, 5) is 23.9. The van der Waals surface area contributed by atoms with Gasteiger partial charge in [0.1, 0.15) is 0 Å². The molecule has 0 aliphatic rings. The lowest BCUT2D eigenvalue weighted by Gasteiger charge is -2.17. The molecule has 3 aromatic rings. The van der Waals surface area contributed by atoms with Gasteiger partial charge >= 0.3 is 5.97 Å². The highest BCUT2D eigenvalue weighted by molar-refractivity contribution is 5.83. The number of hydrogen-bond donors (Lipinski definition) is 3. The predicted molar refractivity (Wildman–Crippen MR) is 130 cm³/mol. The first-order valence-corrected chi connectivity index (χ1v) is 11.4. The van der Waals surface area contributed by atoms with E-state index in [4.69, 9.17) is 0 Å². The van der Waals surface area contributed by atoms with E-state index in [0.29, 0.717) is 19.3 Å². The van der Waals surface area contributed by atoms with Crippen molar-refractivity contribution in [3.05, 3.63) is 96.1 Å². The van der Waals surface area contributed by atoms with Crippen LogP contribution in [0.15, 0.2) is 84.9 Å². The van der Waals surface area contributed by atoms with Crippen LogP contribution in [0.3, 0.4) is 0 Å². The van der Waals surface area contributed by atoms with E-state index in [1.54, 1.807) is 0 Å². The summed E-state index contributed by atoms with van der Waals surface area (Å²) in [6.45, 7) is 0.102. The van der Waals surface area contributed by atoms with Gasteiger partial charge in [0.2, 0.25) is 5.91 Å². The second kappa shape index (κ2) is 12.6. The second-order valence-corrected chi connectivity index (χ2v) is 8.34. The zero-order valence-electron chi connectivity index (χ0n) is 18.7. The Hall–Kier alpha value is -3.44. The Kier molecular flexibility index (Phi) is 9.21. The summed E-state index contributed by atoms with van der Waals surface area (Å²) in [6, 6.07) is 28.0. The van der Waals surface area contributed by atoms with Gasteiger partial charge in [-0.25, -0.2) is 0 Å². The average Bonchev–Trinajstić information content (AvgIpc) is 2.83. The molecule has 5 nitrogen and oxygen atoms in total. The topological polar surface area (TPSA) is 86.6 Å². The van der Waals surface area contributed by atoms with Gasteiger partial charge in [0.25, 0.3) is 0 Å². The zero-order valence-corrected chi connectivity index (χ0v) is 18.7. The lowest BCUT2D eigenvalue weighted by molar-refractivity contribution is -0.141. The number of rotatable bonds is 12. The van der Waals surface area contributed by atoms with Gasteiger partial charge in [-0.1, -0.05) is 84.9 Å². The van der Waals surface area contributed by atoms with Crippen LogP contribution in [0.25, 0.3) is 11.1 Å². The first kappa shape index (κ1) is 24.2. The number of carboxylic acid groups (broad SMARTS) is 1. The maximum Gasteiger partial charge on any atom is 0.304 e. The Morgan fingerprint density at radius 2 is 1.39 bits per heavy atom. The lowest BCUT2D eigenvalue weighted by atomic mass is 9.95. The van der Waals surface area contributed by atoms with Crippen molar-refractivity contribution in [2.75, 3.05) is 6.54 Å². The molecule has 172 valence electrons. The van der Waals surface area contributed by atoms with Crippen LogP contribution in [0.5, 0.6) is 0 Å². The first-order chi connectivity index (χ1) is 16.0. The van der Waals surface area contributed by atoms with Crippen LogP contribution in [-0.2, 0) is 22.4 Å². The summed E-state index contributed by atoms with van der Waals surface area (Å²) in [6.07, 6.45) is 1.47. The molecule has 33 heavy (non-hydrogen) atoms. The van der Waals surface area contributed by atoms with Crippen LogP contribution in [-0.4, -0.2) is 34.7 Å². The van der Waals surface area contributed by atoms with Gasteiger partial charge in [0.05, 0.1) is 12.5 Å². The summed E-state index contributed by atoms with van der Waals surface area (Å²) in [5, 5.41) is 22.2. The van der Waals surface area contributed by atoms with Crippen LogP contribution in [0.1, 0.15) is 30.4 Å². The molecule has 0 fully saturated rings. The van der Waals surface area contributed by atoms with Gasteiger partial charge in [-0.3, -0.25) is 9.59 Å². The zero-order chi connectivity index (χ0) is 23.5. The summed E-state index contributed by atoms with van der Waals surface area (Å²) in [5.74, 6) is -1.92. The smallest absolute Gasteiger partial charge is 0.304 e. The molecule has 3 rings (SSSR count). The first-order valence-electron chi connectivity index (χ1n) is 11.4. The van der Waals surface area contributed by atoms with Crippen molar-refractivity contribution < 1.29 is 19.8 Å². The predicted octanol–water partition coefficient (Wildman–Crippen LogP) is 4.49. The van der Waals surface area contributed by atoms with Crippen molar-refractivity contribution in [2.45, 2.75) is 38.2 Å². The van der Waals surface area contributed by atoms with Crippen molar-refractivity contribution in [3.63, 3.8) is 0 Å². The Morgan fingerprint density at radius 3 is 2.03 bits per heavy atom. The van der Waals surface area contributed by atoms with Crippen LogP contribution >= 0.6 is 0 Å². The number of nitrogens with one attached hydrogen (secondary N) is 1. The summed E-state index contributed by atoms with van der Waals surface area (Å²) >= 11 is 0. The molecule has 0 bridgehead atoms. The molecular weight excluding hydrogens is 414 g/mol. The third-order valence-electron chi connectivity index (χ3n) is 5.70. The Balaban J connectivity index is 1.47. The average molecular weight is 446 g/mol. The Bertz CT molecular complexity index is 1000. The van der Waals surface area contributed by atoms with E-state index in [1.165, 1.54) is 0 Å². The number of benzene rings is 3. The fourth-order valence-corrected chi connectivity index (χ4v) is 3.90. The Labute approximate surface area is 195 Å². The number of carbonyl (C=O) groups excluding carboxylic acids is 1. The normalized spacial score (nSPS) is 12.6. The fraction of sp³-hybridized carbons (Fsp3) is 0.286. The number of aliphatic carboxylic acids is 1. The van der Waals surface area contributed by atoms with E-state index in [1.807, 2.05) is 48.5 Å². The van der Waals surface area contributed by atoms with Crippen LogP contribution in [0.2, 0.25) is 0 Å². The number of carboxylic acids is 1. The quantitative estimate of drug-likeness (QED) is 0.383. The number of amides is 1. The molecule has 0 radical (unpaired) electrons. The van der Waals surface area contributed by atoms with E-state index >= 15 is 0 Å². The number of aryl methyl sites for hydroxylation is 1. The third kappa shape index (κ3) is 8.20. The molecule has 0 heterocycles. The summed E-state index contributed by atoms with van der Waals surface area (Å²) < 4.78 is 0. The van der Waals surface area contributed by atoms with Gasteiger partial charge in [0.15, 0.2) is 0 Å². The van der Waals surface area contributed by atoms with Crippen LogP contribution in [0, 0.1) is 5.92 Å². The molecule has 0 aliphatic heterocycles. The van der Waals surface area contributed by atoms with Gasteiger partial charge in [-0.2, -0.15) is 0 Å². The van der Waals surface area contributed by atoms with E-state index in [2.05, 4.69) is 41.7 Å². The molecule has 0 saturated carbocycles. The molecule has 5 heteroatoms. The van der Waals surface area contributed by atoms with Gasteiger partial charge in [-0.05, 0) is 41.5 Å². The lowest BCUT2D eigenvalue weighted by Crippen LogP contribution is -2.38. The molecule has 3 N–H and O–H groups in total.